The molecule has 1 aromatic heterocycles. The monoisotopic (exact) mass is 432 g/mol. The highest BCUT2D eigenvalue weighted by molar-refractivity contribution is 5.82. The van der Waals surface area contributed by atoms with Gasteiger partial charge in [0.2, 0.25) is 5.91 Å². The van der Waals surface area contributed by atoms with E-state index in [9.17, 15) is 14.9 Å². The lowest BCUT2D eigenvalue weighted by molar-refractivity contribution is -0.196. The zero-order valence-electron chi connectivity index (χ0n) is 17.8. The van der Waals surface area contributed by atoms with Gasteiger partial charge in [0.1, 0.15) is 6.04 Å². The first kappa shape index (κ1) is 20.5. The van der Waals surface area contributed by atoms with Crippen molar-refractivity contribution in [2.75, 3.05) is 19.7 Å². The predicted octanol–water partition coefficient (Wildman–Crippen LogP) is 1.73. The summed E-state index contributed by atoms with van der Waals surface area (Å²) in [5.74, 6) is -0.702. The van der Waals surface area contributed by atoms with E-state index >= 15 is 0 Å². The molecule has 2 saturated heterocycles. The zero-order valence-corrected chi connectivity index (χ0v) is 17.8. The lowest BCUT2D eigenvalue weighted by atomic mass is 9.81. The van der Waals surface area contributed by atoms with Gasteiger partial charge in [-0.2, -0.15) is 5.26 Å². The Labute approximate surface area is 184 Å². The maximum atomic E-state index is 12.7. The number of hydrogen-bond acceptors (Lipinski definition) is 6. The van der Waals surface area contributed by atoms with Crippen LogP contribution in [0, 0.1) is 17.2 Å². The number of fused-ring (bicyclic) bond motifs is 1. The Balaban J connectivity index is 1.26. The van der Waals surface area contributed by atoms with E-state index in [1.807, 2.05) is 36.4 Å². The summed E-state index contributed by atoms with van der Waals surface area (Å²) in [6.45, 7) is 1.94. The third-order valence-corrected chi connectivity index (χ3v) is 6.63. The molecule has 32 heavy (non-hydrogen) atoms. The predicted molar refractivity (Wildman–Crippen MR) is 118 cm³/mol. The van der Waals surface area contributed by atoms with Gasteiger partial charge < -0.3 is 19.8 Å². The molecule has 2 fully saturated rings. The molecule has 3 heterocycles. The van der Waals surface area contributed by atoms with Crippen molar-refractivity contribution in [1.82, 2.24) is 15.2 Å². The Morgan fingerprint density at radius 2 is 2.09 bits per heavy atom. The Hall–Kier alpha value is -3.41. The van der Waals surface area contributed by atoms with E-state index in [1.165, 1.54) is 4.57 Å². The summed E-state index contributed by atoms with van der Waals surface area (Å²) in [4.78, 5) is 24.4. The summed E-state index contributed by atoms with van der Waals surface area (Å²) in [6.07, 6.45) is 1.25. The Kier molecular flexibility index (Phi) is 5.08. The van der Waals surface area contributed by atoms with Crippen molar-refractivity contribution in [2.24, 2.45) is 13.0 Å². The van der Waals surface area contributed by atoms with Crippen LogP contribution < -0.4 is 16.4 Å². The average molecular weight is 432 g/mol. The second kappa shape index (κ2) is 7.93. The highest BCUT2D eigenvalue weighted by atomic mass is 16.5. The van der Waals surface area contributed by atoms with E-state index in [1.54, 1.807) is 13.1 Å². The number of hydrogen-bond donors (Lipinski definition) is 2. The van der Waals surface area contributed by atoms with E-state index in [2.05, 4.69) is 16.7 Å². The molecule has 2 aliphatic heterocycles. The molecule has 3 aromatic rings. The molecule has 0 aliphatic carbocycles. The fourth-order valence-corrected chi connectivity index (χ4v) is 4.60. The average Bonchev–Trinajstić information content (AvgIpc) is 3.40. The molecule has 3 atom stereocenters. The van der Waals surface area contributed by atoms with Crippen molar-refractivity contribution in [2.45, 2.75) is 24.5 Å². The van der Waals surface area contributed by atoms with Crippen LogP contribution in [-0.4, -0.2) is 41.8 Å². The summed E-state index contributed by atoms with van der Waals surface area (Å²) >= 11 is 0. The van der Waals surface area contributed by atoms with Crippen LogP contribution in [0.2, 0.25) is 0 Å². The maximum Gasteiger partial charge on any atom is 0.419 e. The highest BCUT2D eigenvalue weighted by Gasteiger charge is 2.53. The maximum absolute atomic E-state index is 12.7. The molecule has 0 radical (unpaired) electrons. The first-order chi connectivity index (χ1) is 15.5. The Morgan fingerprint density at radius 1 is 1.31 bits per heavy atom. The Bertz CT molecular complexity index is 1260. The van der Waals surface area contributed by atoms with E-state index in [0.29, 0.717) is 25.2 Å². The molecule has 0 saturated carbocycles. The third-order valence-electron chi connectivity index (χ3n) is 6.63. The van der Waals surface area contributed by atoms with E-state index in [0.717, 1.165) is 35.2 Å². The van der Waals surface area contributed by atoms with Crippen LogP contribution in [-0.2, 0) is 23.0 Å². The van der Waals surface area contributed by atoms with Crippen molar-refractivity contribution in [1.29, 1.82) is 5.26 Å². The van der Waals surface area contributed by atoms with Crippen molar-refractivity contribution in [3.8, 4) is 17.2 Å². The molecule has 8 heteroatoms. The lowest BCUT2D eigenvalue weighted by Gasteiger charge is -2.45. The van der Waals surface area contributed by atoms with Gasteiger partial charge in [-0.05, 0) is 41.8 Å². The molecule has 1 spiro atoms. The van der Waals surface area contributed by atoms with Gasteiger partial charge in [0.15, 0.2) is 5.58 Å². The molecule has 2 N–H and O–H groups in total. The number of nitrogens with one attached hydrogen (secondary N) is 2. The summed E-state index contributed by atoms with van der Waals surface area (Å²) in [5.41, 5.74) is 3.80. The molecule has 3 unspecified atom stereocenters. The van der Waals surface area contributed by atoms with Crippen LogP contribution in [0.5, 0.6) is 0 Å². The number of nitriles is 1. The van der Waals surface area contributed by atoms with Gasteiger partial charge in [-0.25, -0.2) is 4.79 Å². The molecule has 164 valence electrons. The minimum atomic E-state index is -0.600. The van der Waals surface area contributed by atoms with Crippen LogP contribution >= 0.6 is 0 Å². The van der Waals surface area contributed by atoms with E-state index in [-0.39, 0.29) is 17.6 Å². The van der Waals surface area contributed by atoms with Gasteiger partial charge in [0.05, 0.1) is 29.7 Å². The van der Waals surface area contributed by atoms with Crippen molar-refractivity contribution < 1.29 is 13.9 Å². The van der Waals surface area contributed by atoms with Crippen molar-refractivity contribution >= 4 is 17.0 Å². The van der Waals surface area contributed by atoms with Gasteiger partial charge in [-0.1, -0.05) is 30.3 Å². The van der Waals surface area contributed by atoms with Crippen LogP contribution in [0.1, 0.15) is 12.0 Å². The van der Waals surface area contributed by atoms with E-state index in [4.69, 9.17) is 9.15 Å². The fraction of sp³-hybridized carbons (Fsp3) is 0.375. The highest BCUT2D eigenvalue weighted by Crippen LogP contribution is 2.38. The Morgan fingerprint density at radius 3 is 2.75 bits per heavy atom. The number of amides is 1. The molecule has 2 aliphatic rings. The van der Waals surface area contributed by atoms with Gasteiger partial charge in [-0.3, -0.25) is 9.36 Å². The summed E-state index contributed by atoms with van der Waals surface area (Å²) in [6, 6.07) is 15.1. The van der Waals surface area contributed by atoms with Gasteiger partial charge >= 0.3 is 5.76 Å². The number of aryl methyl sites for hydroxylation is 1. The molecule has 8 nitrogen and oxygen atoms in total. The van der Waals surface area contributed by atoms with Crippen LogP contribution in [0.3, 0.4) is 0 Å². The number of carbonyl (C=O) groups excluding carboxylic acids is 1. The first-order valence-electron chi connectivity index (χ1n) is 10.7. The molecular weight excluding hydrogens is 408 g/mol. The largest absolute Gasteiger partial charge is 0.419 e. The van der Waals surface area contributed by atoms with Crippen LogP contribution in [0.15, 0.2) is 51.7 Å². The molecule has 0 bridgehead atoms. The van der Waals surface area contributed by atoms with Crippen molar-refractivity contribution in [3.05, 3.63) is 58.6 Å². The summed E-state index contributed by atoms with van der Waals surface area (Å²) in [7, 11) is 1.68. The number of oxazole rings is 1. The number of ether oxygens (including phenoxy) is 1. The SMILES string of the molecule is Cn1c(=O)oc2ccc(-c3ccc(CC(C#N)NC(=O)C4COC45CCNC5)cc3)cc21. The minimum Gasteiger partial charge on any atom is -0.408 e. The van der Waals surface area contributed by atoms with Gasteiger partial charge in [0.25, 0.3) is 0 Å². The summed E-state index contributed by atoms with van der Waals surface area (Å²) < 4.78 is 12.4. The number of aromatic nitrogens is 1. The van der Waals surface area contributed by atoms with Crippen LogP contribution in [0.25, 0.3) is 22.2 Å². The first-order valence-corrected chi connectivity index (χ1v) is 10.7. The number of rotatable bonds is 5. The third kappa shape index (κ3) is 3.49. The quantitative estimate of drug-likeness (QED) is 0.636. The van der Waals surface area contributed by atoms with E-state index < -0.39 is 11.6 Å². The zero-order chi connectivity index (χ0) is 22.3. The molecule has 2 aromatic carbocycles. The van der Waals surface area contributed by atoms with Gasteiger partial charge in [-0.15, -0.1) is 0 Å². The lowest BCUT2D eigenvalue weighted by Crippen LogP contribution is -2.61. The van der Waals surface area contributed by atoms with Crippen LogP contribution in [0.4, 0.5) is 0 Å². The molecule has 1 amide bonds. The fourth-order valence-electron chi connectivity index (χ4n) is 4.60. The standard InChI is InChI=1S/C24H24N4O4/c1-28-20-11-17(6-7-21(20)32-23(28)30)16-4-2-15(3-5-16)10-18(12-25)27-22(29)19-13-31-24(19)8-9-26-14-24/h2-7,11,18-19,26H,8-10,13-14H2,1H3,(H,27,29). The molecular formula is C24H24N4O4. The smallest absolute Gasteiger partial charge is 0.408 e. The summed E-state index contributed by atoms with van der Waals surface area (Å²) in [5, 5.41) is 15.7. The van der Waals surface area contributed by atoms with Crippen molar-refractivity contribution in [3.63, 3.8) is 0 Å². The second-order valence-electron chi connectivity index (χ2n) is 8.56. The minimum absolute atomic E-state index is 0.109. The molecule has 5 rings (SSSR count). The number of nitrogens with zero attached hydrogens (tertiary/aromatic N) is 2. The normalized spacial score (nSPS) is 23.1. The van der Waals surface area contributed by atoms with Gasteiger partial charge in [0, 0.05) is 20.0 Å². The topological polar surface area (TPSA) is 109 Å². The number of benzene rings is 2. The second-order valence-corrected chi connectivity index (χ2v) is 8.56. The number of carbonyl (C=O) groups is 1.